The maximum Gasteiger partial charge on any atom is 0.106 e. The Morgan fingerprint density at radius 1 is 1.82 bits per heavy atom. The predicted molar refractivity (Wildman–Crippen MR) is 48.4 cm³/mol. The molecule has 1 unspecified atom stereocenters. The Labute approximate surface area is 73.7 Å². The number of hydrogen-bond donors (Lipinski definition) is 1. The molecule has 0 bridgehead atoms. The van der Waals surface area contributed by atoms with Gasteiger partial charge in [0.25, 0.3) is 0 Å². The highest BCUT2D eigenvalue weighted by Crippen LogP contribution is 2.20. The number of nitroso groups, excluding NO2 is 1. The molecule has 0 saturated carbocycles. The van der Waals surface area contributed by atoms with Crippen molar-refractivity contribution in [2.45, 2.75) is 13.0 Å². The molecule has 0 amide bonds. The van der Waals surface area contributed by atoms with Crippen LogP contribution in [0.15, 0.2) is 27.5 Å². The summed E-state index contributed by atoms with van der Waals surface area (Å²) in [6.45, 7) is 2.25. The normalized spacial score (nSPS) is 23.3. The standard InChI is InChI=1S/C7H9BrN2O/c1-5-2-3-9-6(4-10-11)7(5)8/h2-3,6,9H,4H2,1H3. The van der Waals surface area contributed by atoms with Gasteiger partial charge in [-0.2, -0.15) is 4.91 Å². The quantitative estimate of drug-likeness (QED) is 0.717. The Morgan fingerprint density at radius 2 is 2.55 bits per heavy atom. The summed E-state index contributed by atoms with van der Waals surface area (Å²) < 4.78 is 1.01. The van der Waals surface area contributed by atoms with Crippen molar-refractivity contribution >= 4 is 15.9 Å². The molecular weight excluding hydrogens is 208 g/mol. The van der Waals surface area contributed by atoms with E-state index in [9.17, 15) is 4.91 Å². The van der Waals surface area contributed by atoms with E-state index in [-0.39, 0.29) is 12.6 Å². The lowest BCUT2D eigenvalue weighted by molar-refractivity contribution is 0.688. The van der Waals surface area contributed by atoms with Crippen molar-refractivity contribution in [2.24, 2.45) is 5.18 Å². The molecule has 0 fully saturated rings. The van der Waals surface area contributed by atoms with Gasteiger partial charge in [0, 0.05) is 4.48 Å². The van der Waals surface area contributed by atoms with Gasteiger partial charge in [0.2, 0.25) is 0 Å². The Kier molecular flexibility index (Phi) is 2.82. The minimum absolute atomic E-state index is 0.0255. The third kappa shape index (κ3) is 1.89. The van der Waals surface area contributed by atoms with Crippen LogP contribution in [0.3, 0.4) is 0 Å². The molecule has 4 heteroatoms. The zero-order valence-electron chi connectivity index (χ0n) is 6.17. The molecule has 1 atom stereocenters. The lowest BCUT2D eigenvalue weighted by Crippen LogP contribution is -2.30. The summed E-state index contributed by atoms with van der Waals surface area (Å²) in [4.78, 5) is 9.97. The van der Waals surface area contributed by atoms with Crippen LogP contribution in [0.25, 0.3) is 0 Å². The van der Waals surface area contributed by atoms with Gasteiger partial charge in [0.05, 0.1) is 6.04 Å². The third-order valence-corrected chi connectivity index (χ3v) is 2.75. The molecule has 1 aliphatic rings. The van der Waals surface area contributed by atoms with E-state index in [1.54, 1.807) is 0 Å². The van der Waals surface area contributed by atoms with Gasteiger partial charge < -0.3 is 5.32 Å². The van der Waals surface area contributed by atoms with Crippen LogP contribution in [0.5, 0.6) is 0 Å². The van der Waals surface area contributed by atoms with Crippen LogP contribution in [0.1, 0.15) is 6.92 Å². The number of allylic oxidation sites excluding steroid dienone is 2. The molecule has 0 aromatic carbocycles. The van der Waals surface area contributed by atoms with Crippen molar-refractivity contribution in [1.82, 2.24) is 5.32 Å². The molecule has 11 heavy (non-hydrogen) atoms. The molecule has 0 spiro atoms. The second-order valence-corrected chi connectivity index (χ2v) is 3.25. The highest BCUT2D eigenvalue weighted by molar-refractivity contribution is 9.11. The zero-order valence-corrected chi connectivity index (χ0v) is 7.76. The lowest BCUT2D eigenvalue weighted by atomic mass is 10.1. The van der Waals surface area contributed by atoms with Crippen molar-refractivity contribution in [3.8, 4) is 0 Å². The van der Waals surface area contributed by atoms with E-state index in [4.69, 9.17) is 0 Å². The number of halogens is 1. The van der Waals surface area contributed by atoms with Crippen LogP contribution in [0, 0.1) is 4.91 Å². The molecule has 0 radical (unpaired) electrons. The van der Waals surface area contributed by atoms with E-state index in [2.05, 4.69) is 26.4 Å². The van der Waals surface area contributed by atoms with E-state index in [1.165, 1.54) is 0 Å². The van der Waals surface area contributed by atoms with Gasteiger partial charge in [-0.1, -0.05) is 21.1 Å². The minimum atomic E-state index is 0.0255. The molecule has 3 nitrogen and oxygen atoms in total. The molecule has 1 heterocycles. The smallest absolute Gasteiger partial charge is 0.106 e. The van der Waals surface area contributed by atoms with Gasteiger partial charge in [0.15, 0.2) is 0 Å². The van der Waals surface area contributed by atoms with Crippen LogP contribution in [0.4, 0.5) is 0 Å². The SMILES string of the molecule is CC1=C(Br)C(CN=O)NC=C1. The van der Waals surface area contributed by atoms with Gasteiger partial charge in [-0.05, 0) is 24.8 Å². The second-order valence-electron chi connectivity index (χ2n) is 2.40. The molecule has 1 rings (SSSR count). The van der Waals surface area contributed by atoms with Gasteiger partial charge >= 0.3 is 0 Å². The fourth-order valence-electron chi connectivity index (χ4n) is 0.924. The average Bonchev–Trinajstić information content (AvgIpc) is 1.99. The van der Waals surface area contributed by atoms with Crippen LogP contribution >= 0.6 is 15.9 Å². The first-order valence-electron chi connectivity index (χ1n) is 3.33. The summed E-state index contributed by atoms with van der Waals surface area (Å²) in [6, 6.07) is 0.0255. The van der Waals surface area contributed by atoms with Gasteiger partial charge in [-0.3, -0.25) is 0 Å². The van der Waals surface area contributed by atoms with E-state index in [1.807, 2.05) is 19.2 Å². The molecule has 0 aromatic heterocycles. The Hall–Kier alpha value is -0.640. The van der Waals surface area contributed by atoms with Gasteiger partial charge in [0.1, 0.15) is 6.54 Å². The molecule has 0 aliphatic carbocycles. The van der Waals surface area contributed by atoms with Crippen LogP contribution in [-0.4, -0.2) is 12.6 Å². The molecule has 1 aliphatic heterocycles. The van der Waals surface area contributed by atoms with E-state index in [0.717, 1.165) is 10.1 Å². The van der Waals surface area contributed by atoms with Crippen molar-refractivity contribution in [3.05, 3.63) is 27.2 Å². The largest absolute Gasteiger partial charge is 0.382 e. The van der Waals surface area contributed by atoms with Crippen molar-refractivity contribution in [1.29, 1.82) is 0 Å². The zero-order chi connectivity index (χ0) is 8.27. The third-order valence-electron chi connectivity index (χ3n) is 1.57. The van der Waals surface area contributed by atoms with Crippen LogP contribution in [-0.2, 0) is 0 Å². The van der Waals surface area contributed by atoms with E-state index < -0.39 is 0 Å². The Morgan fingerprint density at radius 3 is 3.18 bits per heavy atom. The number of rotatable bonds is 2. The summed E-state index contributed by atoms with van der Waals surface area (Å²) in [5.41, 5.74) is 1.14. The fraction of sp³-hybridized carbons (Fsp3) is 0.429. The van der Waals surface area contributed by atoms with Crippen molar-refractivity contribution < 1.29 is 0 Å². The maximum absolute atomic E-state index is 9.97. The van der Waals surface area contributed by atoms with Gasteiger partial charge in [-0.25, -0.2) is 0 Å². The van der Waals surface area contributed by atoms with E-state index >= 15 is 0 Å². The highest BCUT2D eigenvalue weighted by Gasteiger charge is 2.14. The van der Waals surface area contributed by atoms with Crippen molar-refractivity contribution in [2.75, 3.05) is 6.54 Å². The summed E-state index contributed by atoms with van der Waals surface area (Å²) in [6.07, 6.45) is 3.78. The summed E-state index contributed by atoms with van der Waals surface area (Å²) in [7, 11) is 0. The van der Waals surface area contributed by atoms with Crippen LogP contribution in [0.2, 0.25) is 0 Å². The summed E-state index contributed by atoms with van der Waals surface area (Å²) >= 11 is 3.39. The first-order valence-corrected chi connectivity index (χ1v) is 4.13. The number of nitrogens with zero attached hydrogens (tertiary/aromatic N) is 1. The first kappa shape index (κ1) is 8.46. The fourth-order valence-corrected chi connectivity index (χ4v) is 1.33. The monoisotopic (exact) mass is 216 g/mol. The summed E-state index contributed by atoms with van der Waals surface area (Å²) in [5, 5.41) is 5.85. The maximum atomic E-state index is 9.97. The topological polar surface area (TPSA) is 41.5 Å². The van der Waals surface area contributed by atoms with E-state index in [0.29, 0.717) is 0 Å². The molecule has 1 N–H and O–H groups in total. The second kappa shape index (κ2) is 3.67. The predicted octanol–water partition coefficient (Wildman–Crippen LogP) is 1.91. The lowest BCUT2D eigenvalue weighted by Gasteiger charge is -2.18. The number of nitrogens with one attached hydrogen (secondary N) is 1. The van der Waals surface area contributed by atoms with Crippen LogP contribution < -0.4 is 5.32 Å². The average molecular weight is 217 g/mol. The molecule has 0 aromatic rings. The molecule has 60 valence electrons. The Bertz CT molecular complexity index is 220. The number of hydrogen-bond acceptors (Lipinski definition) is 3. The molecule has 0 saturated heterocycles. The summed E-state index contributed by atoms with van der Waals surface area (Å²) in [5.74, 6) is 0. The first-order chi connectivity index (χ1) is 5.25. The van der Waals surface area contributed by atoms with Gasteiger partial charge in [-0.15, -0.1) is 0 Å². The Balaban J connectivity index is 2.72. The van der Waals surface area contributed by atoms with Crippen molar-refractivity contribution in [3.63, 3.8) is 0 Å². The minimum Gasteiger partial charge on any atom is -0.382 e. The highest BCUT2D eigenvalue weighted by atomic mass is 79.9. The number of dihydropyridines is 1. The molecular formula is C7H9BrN2O.